The lowest BCUT2D eigenvalue weighted by molar-refractivity contribution is -0.129. The number of hydrogen-bond acceptors (Lipinski definition) is 2. The quantitative estimate of drug-likeness (QED) is 0.621. The van der Waals surface area contributed by atoms with Gasteiger partial charge in [0.1, 0.15) is 0 Å². The van der Waals surface area contributed by atoms with Crippen molar-refractivity contribution in [3.05, 3.63) is 0 Å². The molecular weight excluding hydrogens is 190 g/mol. The first-order chi connectivity index (χ1) is 7.23. The third-order valence-electron chi connectivity index (χ3n) is 3.79. The molecule has 2 amide bonds. The molecule has 3 nitrogen and oxygen atoms in total. The normalized spacial score (nSPS) is 26.9. The molecule has 2 rings (SSSR count). The molecule has 0 atom stereocenters. The van der Waals surface area contributed by atoms with Crippen LogP contribution in [0.2, 0.25) is 0 Å². The Kier molecular flexibility index (Phi) is 3.08. The van der Waals surface area contributed by atoms with Crippen molar-refractivity contribution in [1.29, 1.82) is 0 Å². The Balaban J connectivity index is 2.08. The Hall–Kier alpha value is -0.860. The van der Waals surface area contributed by atoms with Gasteiger partial charge in [-0.3, -0.25) is 14.9 Å². The van der Waals surface area contributed by atoms with Crippen molar-refractivity contribution in [3.8, 4) is 0 Å². The summed E-state index contributed by atoms with van der Waals surface area (Å²) in [7, 11) is 0. The van der Waals surface area contributed by atoms with E-state index in [1.54, 1.807) is 0 Å². The molecule has 1 aliphatic carbocycles. The van der Waals surface area contributed by atoms with Crippen LogP contribution in [-0.4, -0.2) is 11.8 Å². The van der Waals surface area contributed by atoms with Gasteiger partial charge in [-0.25, -0.2) is 0 Å². The zero-order valence-corrected chi connectivity index (χ0v) is 9.18. The number of amides is 2. The van der Waals surface area contributed by atoms with Gasteiger partial charge in [-0.05, 0) is 12.8 Å². The third kappa shape index (κ3) is 2.21. The van der Waals surface area contributed by atoms with Crippen molar-refractivity contribution in [2.45, 2.75) is 57.8 Å². The highest BCUT2D eigenvalue weighted by atomic mass is 16.2. The second kappa shape index (κ2) is 4.33. The minimum atomic E-state index is -0.332. The Labute approximate surface area is 90.6 Å². The van der Waals surface area contributed by atoms with Crippen molar-refractivity contribution in [2.24, 2.45) is 5.41 Å². The smallest absolute Gasteiger partial charge is 0.233 e. The van der Waals surface area contributed by atoms with Gasteiger partial charge >= 0.3 is 0 Å². The largest absolute Gasteiger partial charge is 0.296 e. The molecule has 15 heavy (non-hydrogen) atoms. The van der Waals surface area contributed by atoms with Crippen LogP contribution in [0.15, 0.2) is 0 Å². The Morgan fingerprint density at radius 1 is 0.867 bits per heavy atom. The van der Waals surface area contributed by atoms with Crippen LogP contribution in [0.5, 0.6) is 0 Å². The molecule has 1 spiro atoms. The molecule has 1 aliphatic heterocycles. The highest BCUT2D eigenvalue weighted by Gasteiger charge is 2.45. The topological polar surface area (TPSA) is 46.2 Å². The van der Waals surface area contributed by atoms with E-state index in [1.807, 2.05) is 0 Å². The summed E-state index contributed by atoms with van der Waals surface area (Å²) in [5, 5.41) is 2.47. The van der Waals surface area contributed by atoms with Gasteiger partial charge in [0.15, 0.2) is 0 Å². The number of carbonyl (C=O) groups is 2. The number of carbonyl (C=O) groups excluding carboxylic acids is 2. The molecule has 84 valence electrons. The van der Waals surface area contributed by atoms with E-state index in [2.05, 4.69) is 5.32 Å². The molecule has 0 aromatic heterocycles. The Bertz CT molecular complexity index is 263. The third-order valence-corrected chi connectivity index (χ3v) is 3.79. The van der Waals surface area contributed by atoms with Gasteiger partial charge in [0.2, 0.25) is 11.8 Å². The van der Waals surface area contributed by atoms with E-state index in [0.717, 1.165) is 25.7 Å². The number of imide groups is 1. The molecule has 1 saturated heterocycles. The van der Waals surface area contributed by atoms with Gasteiger partial charge in [-0.1, -0.05) is 38.5 Å². The first kappa shape index (κ1) is 10.7. The fourth-order valence-corrected chi connectivity index (χ4v) is 2.85. The first-order valence-corrected chi connectivity index (χ1v) is 6.07. The maximum absolute atomic E-state index is 11.8. The van der Waals surface area contributed by atoms with Gasteiger partial charge in [0.05, 0.1) is 5.41 Å². The SMILES string of the molecule is O=C1CC2(CCCCCCCC2)C(=O)N1. The molecular formula is C12H19NO2. The summed E-state index contributed by atoms with van der Waals surface area (Å²) >= 11 is 0. The van der Waals surface area contributed by atoms with Crippen LogP contribution in [-0.2, 0) is 9.59 Å². The second-order valence-corrected chi connectivity index (χ2v) is 4.96. The van der Waals surface area contributed by atoms with Crippen LogP contribution in [0, 0.1) is 5.41 Å². The predicted molar refractivity (Wildman–Crippen MR) is 57.1 cm³/mol. The Morgan fingerprint density at radius 3 is 1.87 bits per heavy atom. The fraction of sp³-hybridized carbons (Fsp3) is 0.833. The number of hydrogen-bond donors (Lipinski definition) is 1. The highest BCUT2D eigenvalue weighted by molar-refractivity contribution is 6.05. The van der Waals surface area contributed by atoms with E-state index in [0.29, 0.717) is 6.42 Å². The van der Waals surface area contributed by atoms with Gasteiger partial charge in [-0.2, -0.15) is 0 Å². The maximum atomic E-state index is 11.8. The molecule has 0 unspecified atom stereocenters. The molecule has 1 heterocycles. The summed E-state index contributed by atoms with van der Waals surface area (Å²) in [4.78, 5) is 23.1. The average molecular weight is 209 g/mol. The van der Waals surface area contributed by atoms with Crippen molar-refractivity contribution >= 4 is 11.8 Å². The molecule has 0 bridgehead atoms. The van der Waals surface area contributed by atoms with Crippen LogP contribution in [0.1, 0.15) is 57.8 Å². The van der Waals surface area contributed by atoms with Gasteiger partial charge < -0.3 is 0 Å². The molecule has 0 radical (unpaired) electrons. The zero-order chi connectivity index (χ0) is 10.7. The molecule has 2 fully saturated rings. The van der Waals surface area contributed by atoms with Crippen molar-refractivity contribution in [3.63, 3.8) is 0 Å². The van der Waals surface area contributed by atoms with E-state index in [1.165, 1.54) is 25.7 Å². The van der Waals surface area contributed by atoms with E-state index < -0.39 is 0 Å². The zero-order valence-electron chi connectivity index (χ0n) is 9.18. The van der Waals surface area contributed by atoms with E-state index in [4.69, 9.17) is 0 Å². The summed E-state index contributed by atoms with van der Waals surface area (Å²) in [6, 6.07) is 0. The second-order valence-electron chi connectivity index (χ2n) is 4.96. The Morgan fingerprint density at radius 2 is 1.40 bits per heavy atom. The standard InChI is InChI=1S/C12H19NO2/c14-10-9-12(11(15)13-10)7-5-3-1-2-4-6-8-12/h1-9H2,(H,13,14,15). The van der Waals surface area contributed by atoms with Crippen LogP contribution in [0.25, 0.3) is 0 Å². The summed E-state index contributed by atoms with van der Waals surface area (Å²) in [5.74, 6) is -0.0753. The lowest BCUT2D eigenvalue weighted by Gasteiger charge is -2.24. The first-order valence-electron chi connectivity index (χ1n) is 6.07. The van der Waals surface area contributed by atoms with E-state index >= 15 is 0 Å². The lowest BCUT2D eigenvalue weighted by atomic mass is 9.77. The van der Waals surface area contributed by atoms with E-state index in [-0.39, 0.29) is 17.2 Å². The summed E-state index contributed by atoms with van der Waals surface area (Å²) in [6.07, 6.45) is 9.44. The lowest BCUT2D eigenvalue weighted by Crippen LogP contribution is -2.31. The molecule has 0 aromatic carbocycles. The monoisotopic (exact) mass is 209 g/mol. The van der Waals surface area contributed by atoms with Gasteiger partial charge in [0, 0.05) is 6.42 Å². The van der Waals surface area contributed by atoms with Gasteiger partial charge in [-0.15, -0.1) is 0 Å². The maximum Gasteiger partial charge on any atom is 0.233 e. The highest BCUT2D eigenvalue weighted by Crippen LogP contribution is 2.39. The number of nitrogens with one attached hydrogen (secondary N) is 1. The minimum Gasteiger partial charge on any atom is -0.296 e. The van der Waals surface area contributed by atoms with Crippen LogP contribution in [0.3, 0.4) is 0 Å². The fourth-order valence-electron chi connectivity index (χ4n) is 2.85. The number of rotatable bonds is 0. The molecule has 3 heteroatoms. The van der Waals surface area contributed by atoms with Crippen molar-refractivity contribution in [2.75, 3.05) is 0 Å². The molecule has 1 saturated carbocycles. The van der Waals surface area contributed by atoms with Crippen molar-refractivity contribution in [1.82, 2.24) is 5.32 Å². The van der Waals surface area contributed by atoms with Crippen LogP contribution < -0.4 is 5.32 Å². The van der Waals surface area contributed by atoms with Gasteiger partial charge in [0.25, 0.3) is 0 Å². The van der Waals surface area contributed by atoms with Crippen LogP contribution in [0.4, 0.5) is 0 Å². The summed E-state index contributed by atoms with van der Waals surface area (Å²) in [6.45, 7) is 0. The molecule has 0 aromatic rings. The minimum absolute atomic E-state index is 0.00519. The summed E-state index contributed by atoms with van der Waals surface area (Å²) < 4.78 is 0. The van der Waals surface area contributed by atoms with Crippen LogP contribution >= 0.6 is 0 Å². The molecule has 1 N–H and O–H groups in total. The predicted octanol–water partition coefficient (Wildman–Crippen LogP) is 2.15. The van der Waals surface area contributed by atoms with E-state index in [9.17, 15) is 9.59 Å². The average Bonchev–Trinajstić information content (AvgIpc) is 2.52. The summed E-state index contributed by atoms with van der Waals surface area (Å²) in [5.41, 5.74) is -0.332. The molecule has 2 aliphatic rings. The van der Waals surface area contributed by atoms with Crippen molar-refractivity contribution < 1.29 is 9.59 Å².